The normalized spacial score (nSPS) is 12.3. The highest BCUT2D eigenvalue weighted by atomic mass is 16.5. The third kappa shape index (κ3) is 3.45. The Hall–Kier alpha value is -2.08. The standard InChI is InChI=1S/C13H18N4O2/c1-10(14-5-7-17-8-6-15-16-17)11-3-4-12(18)13(9-11)19-2/h3-4,6,8-10,14,18H,5,7H2,1-2H3. The van der Waals surface area contributed by atoms with Crippen molar-refractivity contribution in [2.24, 2.45) is 0 Å². The SMILES string of the molecule is COc1cc(C(C)NCCn2ccnn2)ccc1O. The summed E-state index contributed by atoms with van der Waals surface area (Å²) in [5.74, 6) is 0.642. The Bertz CT molecular complexity index is 513. The summed E-state index contributed by atoms with van der Waals surface area (Å²) in [6.07, 6.45) is 3.49. The molecule has 0 amide bonds. The van der Waals surface area contributed by atoms with E-state index >= 15 is 0 Å². The van der Waals surface area contributed by atoms with Crippen LogP contribution in [0.5, 0.6) is 11.5 Å². The van der Waals surface area contributed by atoms with Gasteiger partial charge in [0.05, 0.1) is 19.9 Å². The van der Waals surface area contributed by atoms with Crippen molar-refractivity contribution in [1.29, 1.82) is 0 Å². The molecule has 0 aliphatic heterocycles. The minimum Gasteiger partial charge on any atom is -0.504 e. The number of nitrogens with one attached hydrogen (secondary N) is 1. The molecule has 1 unspecified atom stereocenters. The fourth-order valence-corrected chi connectivity index (χ4v) is 1.83. The lowest BCUT2D eigenvalue weighted by atomic mass is 10.1. The van der Waals surface area contributed by atoms with Crippen molar-refractivity contribution < 1.29 is 9.84 Å². The first-order valence-corrected chi connectivity index (χ1v) is 6.15. The molecule has 2 rings (SSSR count). The van der Waals surface area contributed by atoms with E-state index in [0.29, 0.717) is 5.75 Å². The molecule has 6 nitrogen and oxygen atoms in total. The van der Waals surface area contributed by atoms with E-state index in [4.69, 9.17) is 4.74 Å². The number of hydrogen-bond acceptors (Lipinski definition) is 5. The maximum Gasteiger partial charge on any atom is 0.160 e. The number of methoxy groups -OCH3 is 1. The van der Waals surface area contributed by atoms with Gasteiger partial charge < -0.3 is 15.2 Å². The summed E-state index contributed by atoms with van der Waals surface area (Å²) in [6.45, 7) is 3.61. The van der Waals surface area contributed by atoms with Crippen molar-refractivity contribution in [3.05, 3.63) is 36.2 Å². The molecule has 0 saturated heterocycles. The minimum atomic E-state index is 0.154. The topological polar surface area (TPSA) is 72.2 Å². The van der Waals surface area contributed by atoms with Gasteiger partial charge in [-0.2, -0.15) is 0 Å². The van der Waals surface area contributed by atoms with Crippen molar-refractivity contribution in [3.8, 4) is 11.5 Å². The van der Waals surface area contributed by atoms with Crippen LogP contribution in [0, 0.1) is 0 Å². The number of hydrogen-bond donors (Lipinski definition) is 2. The van der Waals surface area contributed by atoms with Crippen LogP contribution < -0.4 is 10.1 Å². The van der Waals surface area contributed by atoms with Gasteiger partial charge in [-0.15, -0.1) is 5.10 Å². The number of phenolic OH excluding ortho intramolecular Hbond substituents is 1. The Morgan fingerprint density at radius 1 is 1.47 bits per heavy atom. The first kappa shape index (κ1) is 13.4. The van der Waals surface area contributed by atoms with Crippen molar-refractivity contribution in [2.75, 3.05) is 13.7 Å². The molecule has 0 aliphatic rings. The Balaban J connectivity index is 1.90. The Labute approximate surface area is 112 Å². The number of aromatic nitrogens is 3. The number of aromatic hydroxyl groups is 1. The van der Waals surface area contributed by atoms with Gasteiger partial charge in [0.2, 0.25) is 0 Å². The lowest BCUT2D eigenvalue weighted by Crippen LogP contribution is -2.23. The highest BCUT2D eigenvalue weighted by Gasteiger charge is 2.08. The molecule has 2 aromatic rings. The van der Waals surface area contributed by atoms with Crippen LogP contribution in [0.2, 0.25) is 0 Å². The summed E-state index contributed by atoms with van der Waals surface area (Å²) in [5, 5.41) is 20.6. The van der Waals surface area contributed by atoms with E-state index in [2.05, 4.69) is 22.6 Å². The maximum absolute atomic E-state index is 9.55. The van der Waals surface area contributed by atoms with Crippen LogP contribution in [0.1, 0.15) is 18.5 Å². The van der Waals surface area contributed by atoms with Gasteiger partial charge >= 0.3 is 0 Å². The van der Waals surface area contributed by atoms with Gasteiger partial charge in [-0.1, -0.05) is 11.3 Å². The zero-order valence-electron chi connectivity index (χ0n) is 11.1. The Morgan fingerprint density at radius 3 is 3.00 bits per heavy atom. The molecule has 1 atom stereocenters. The highest BCUT2D eigenvalue weighted by molar-refractivity contribution is 5.42. The maximum atomic E-state index is 9.55. The molecule has 0 fully saturated rings. The highest BCUT2D eigenvalue weighted by Crippen LogP contribution is 2.28. The summed E-state index contributed by atoms with van der Waals surface area (Å²) < 4.78 is 6.87. The molecular weight excluding hydrogens is 244 g/mol. The van der Waals surface area contributed by atoms with Crippen LogP contribution in [0.15, 0.2) is 30.6 Å². The smallest absolute Gasteiger partial charge is 0.160 e. The van der Waals surface area contributed by atoms with E-state index < -0.39 is 0 Å². The lowest BCUT2D eigenvalue weighted by Gasteiger charge is -2.15. The number of phenols is 1. The molecule has 0 saturated carbocycles. The second-order valence-electron chi connectivity index (χ2n) is 4.27. The summed E-state index contributed by atoms with van der Waals surface area (Å²) in [5.41, 5.74) is 1.06. The Morgan fingerprint density at radius 2 is 2.32 bits per heavy atom. The van der Waals surface area contributed by atoms with E-state index in [0.717, 1.165) is 18.7 Å². The zero-order valence-corrected chi connectivity index (χ0v) is 11.1. The molecular formula is C13H18N4O2. The molecule has 2 N–H and O–H groups in total. The van der Waals surface area contributed by atoms with Crippen molar-refractivity contribution >= 4 is 0 Å². The second-order valence-corrected chi connectivity index (χ2v) is 4.27. The number of nitrogens with zero attached hydrogens (tertiary/aromatic N) is 3. The van der Waals surface area contributed by atoms with E-state index in [1.165, 1.54) is 0 Å². The lowest BCUT2D eigenvalue weighted by molar-refractivity contribution is 0.372. The van der Waals surface area contributed by atoms with Gasteiger partial charge in [0.1, 0.15) is 0 Å². The largest absolute Gasteiger partial charge is 0.504 e. The molecule has 0 aliphatic carbocycles. The van der Waals surface area contributed by atoms with Crippen LogP contribution in [-0.2, 0) is 6.54 Å². The van der Waals surface area contributed by atoms with Crippen LogP contribution >= 0.6 is 0 Å². The van der Waals surface area contributed by atoms with Crippen LogP contribution in [0.4, 0.5) is 0 Å². The predicted octanol–water partition coefficient (Wildman–Crippen LogP) is 1.34. The second kappa shape index (κ2) is 6.19. The number of benzene rings is 1. The van der Waals surface area contributed by atoms with Gasteiger partial charge in [-0.25, -0.2) is 0 Å². The molecule has 1 heterocycles. The predicted molar refractivity (Wildman–Crippen MR) is 71.1 cm³/mol. The molecule has 19 heavy (non-hydrogen) atoms. The molecule has 0 bridgehead atoms. The molecule has 6 heteroatoms. The van der Waals surface area contributed by atoms with E-state index in [1.54, 1.807) is 24.1 Å². The van der Waals surface area contributed by atoms with Crippen LogP contribution in [-0.4, -0.2) is 33.8 Å². The fraction of sp³-hybridized carbons (Fsp3) is 0.385. The van der Waals surface area contributed by atoms with E-state index in [1.807, 2.05) is 18.3 Å². The minimum absolute atomic E-state index is 0.154. The van der Waals surface area contributed by atoms with E-state index in [9.17, 15) is 5.11 Å². The quantitative estimate of drug-likeness (QED) is 0.822. The molecule has 1 aromatic heterocycles. The van der Waals surface area contributed by atoms with Gasteiger partial charge in [-0.3, -0.25) is 4.68 Å². The van der Waals surface area contributed by atoms with Gasteiger partial charge in [0.25, 0.3) is 0 Å². The zero-order chi connectivity index (χ0) is 13.7. The number of ether oxygens (including phenoxy) is 1. The molecule has 0 radical (unpaired) electrons. The van der Waals surface area contributed by atoms with Gasteiger partial charge in [0, 0.05) is 18.8 Å². The Kier molecular flexibility index (Phi) is 4.35. The first-order chi connectivity index (χ1) is 9.20. The summed E-state index contributed by atoms with van der Waals surface area (Å²) >= 11 is 0. The van der Waals surface area contributed by atoms with E-state index in [-0.39, 0.29) is 11.8 Å². The molecule has 102 valence electrons. The average Bonchev–Trinajstić information content (AvgIpc) is 2.92. The van der Waals surface area contributed by atoms with Gasteiger partial charge in [0.15, 0.2) is 11.5 Å². The van der Waals surface area contributed by atoms with Crippen molar-refractivity contribution in [3.63, 3.8) is 0 Å². The first-order valence-electron chi connectivity index (χ1n) is 6.15. The molecule has 1 aromatic carbocycles. The summed E-state index contributed by atoms with van der Waals surface area (Å²) in [7, 11) is 1.54. The third-order valence-electron chi connectivity index (χ3n) is 2.97. The van der Waals surface area contributed by atoms with Crippen molar-refractivity contribution in [2.45, 2.75) is 19.5 Å². The van der Waals surface area contributed by atoms with Crippen LogP contribution in [0.25, 0.3) is 0 Å². The summed E-state index contributed by atoms with van der Waals surface area (Å²) in [6, 6.07) is 5.52. The van der Waals surface area contributed by atoms with Crippen LogP contribution in [0.3, 0.4) is 0 Å². The fourth-order valence-electron chi connectivity index (χ4n) is 1.83. The monoisotopic (exact) mass is 262 g/mol. The number of rotatable bonds is 6. The molecule has 0 spiro atoms. The summed E-state index contributed by atoms with van der Waals surface area (Å²) in [4.78, 5) is 0. The average molecular weight is 262 g/mol. The van der Waals surface area contributed by atoms with Gasteiger partial charge in [-0.05, 0) is 24.6 Å². The van der Waals surface area contributed by atoms with Crippen molar-refractivity contribution in [1.82, 2.24) is 20.3 Å². The third-order valence-corrected chi connectivity index (χ3v) is 2.97.